The van der Waals surface area contributed by atoms with Crippen molar-refractivity contribution in [2.75, 3.05) is 4.90 Å². The molecule has 0 radical (unpaired) electrons. The molecule has 11 rings (SSSR count). The van der Waals surface area contributed by atoms with Gasteiger partial charge >= 0.3 is 0 Å². The number of rotatable bonds is 6. The lowest BCUT2D eigenvalue weighted by atomic mass is 9.97. The fraction of sp³-hybridized carbons (Fsp3) is 0. The van der Waals surface area contributed by atoms with Crippen LogP contribution in [0.3, 0.4) is 0 Å². The molecule has 0 atom stereocenters. The van der Waals surface area contributed by atoms with Crippen molar-refractivity contribution in [2.45, 2.75) is 0 Å². The third-order valence-corrected chi connectivity index (χ3v) is 11.2. The summed E-state index contributed by atoms with van der Waals surface area (Å²) in [5, 5.41) is 11.1. The summed E-state index contributed by atoms with van der Waals surface area (Å²) in [6.45, 7) is 0. The van der Waals surface area contributed by atoms with Crippen LogP contribution in [0.25, 0.3) is 87.6 Å². The summed E-state index contributed by atoms with van der Waals surface area (Å²) in [5.41, 5.74) is 9.98. The molecule has 2 heteroatoms. The molecule has 0 N–H and O–H groups in total. The van der Waals surface area contributed by atoms with Gasteiger partial charge in [0.25, 0.3) is 0 Å². The van der Waals surface area contributed by atoms with Gasteiger partial charge in [0.1, 0.15) is 11.3 Å². The fourth-order valence-corrected chi connectivity index (χ4v) is 8.42. The molecule has 0 saturated heterocycles. The Kier molecular flexibility index (Phi) is 7.53. The van der Waals surface area contributed by atoms with Crippen molar-refractivity contribution in [2.24, 2.45) is 0 Å². The van der Waals surface area contributed by atoms with Gasteiger partial charge in [-0.05, 0) is 115 Å². The number of nitrogens with zero attached hydrogens (tertiary/aromatic N) is 1. The van der Waals surface area contributed by atoms with Gasteiger partial charge in [0.2, 0.25) is 0 Å². The molecule has 0 spiro atoms. The van der Waals surface area contributed by atoms with Gasteiger partial charge in [0.05, 0.1) is 5.69 Å². The Balaban J connectivity index is 1.01. The number of fused-ring (bicyclic) bond motifs is 7. The molecular weight excluding hydrogens is 679 g/mol. The smallest absolute Gasteiger partial charge is 0.135 e. The van der Waals surface area contributed by atoms with Crippen LogP contribution in [0.15, 0.2) is 217 Å². The molecule has 10 aromatic carbocycles. The molecule has 0 unspecified atom stereocenters. The minimum Gasteiger partial charge on any atom is -0.456 e. The number of benzene rings is 10. The number of para-hydroxylation sites is 1. The second kappa shape index (κ2) is 13.2. The first-order valence-electron chi connectivity index (χ1n) is 19.2. The van der Waals surface area contributed by atoms with Crippen molar-refractivity contribution >= 4 is 71.1 Å². The second-order valence-electron chi connectivity index (χ2n) is 14.5. The first-order valence-corrected chi connectivity index (χ1v) is 19.2. The minimum atomic E-state index is 0.875. The zero-order valence-corrected chi connectivity index (χ0v) is 30.6. The van der Waals surface area contributed by atoms with Gasteiger partial charge in [0, 0.05) is 27.7 Å². The normalized spacial score (nSPS) is 11.6. The topological polar surface area (TPSA) is 16.4 Å². The Morgan fingerprint density at radius 1 is 0.286 bits per heavy atom. The predicted octanol–water partition coefficient (Wildman–Crippen LogP) is 15.5. The highest BCUT2D eigenvalue weighted by Gasteiger charge is 2.18. The zero-order chi connectivity index (χ0) is 37.0. The molecule has 0 fully saturated rings. The van der Waals surface area contributed by atoms with Gasteiger partial charge in [-0.25, -0.2) is 0 Å². The summed E-state index contributed by atoms with van der Waals surface area (Å²) in [6, 6.07) is 76.6. The van der Waals surface area contributed by atoms with E-state index >= 15 is 0 Å². The van der Waals surface area contributed by atoms with E-state index in [0.717, 1.165) is 50.5 Å². The van der Waals surface area contributed by atoms with E-state index in [1.807, 2.05) is 18.2 Å². The van der Waals surface area contributed by atoms with Crippen LogP contribution >= 0.6 is 0 Å². The third kappa shape index (κ3) is 5.51. The lowest BCUT2D eigenvalue weighted by Gasteiger charge is -2.28. The molecule has 262 valence electrons. The minimum absolute atomic E-state index is 0.875. The largest absolute Gasteiger partial charge is 0.456 e. The Labute approximate surface area is 325 Å². The lowest BCUT2D eigenvalue weighted by molar-refractivity contribution is 0.631. The van der Waals surface area contributed by atoms with Gasteiger partial charge in [-0.2, -0.15) is 0 Å². The summed E-state index contributed by atoms with van der Waals surface area (Å²) in [7, 11) is 0. The second-order valence-corrected chi connectivity index (χ2v) is 14.5. The van der Waals surface area contributed by atoms with Crippen LogP contribution in [0.1, 0.15) is 0 Å². The molecule has 0 bridgehead atoms. The predicted molar refractivity (Wildman–Crippen MR) is 237 cm³/mol. The summed E-state index contributed by atoms with van der Waals surface area (Å²) in [5.74, 6) is 0.875. The van der Waals surface area contributed by atoms with E-state index in [-0.39, 0.29) is 0 Å². The molecule has 0 saturated carbocycles. The van der Waals surface area contributed by atoms with E-state index in [1.165, 1.54) is 54.2 Å². The van der Waals surface area contributed by atoms with Gasteiger partial charge in [0.15, 0.2) is 0 Å². The van der Waals surface area contributed by atoms with Gasteiger partial charge < -0.3 is 9.32 Å². The molecule has 0 aliphatic heterocycles. The van der Waals surface area contributed by atoms with Crippen LogP contribution in [0.2, 0.25) is 0 Å². The first kappa shape index (κ1) is 32.0. The Hall–Kier alpha value is -7.42. The van der Waals surface area contributed by atoms with Gasteiger partial charge in [-0.15, -0.1) is 0 Å². The van der Waals surface area contributed by atoms with Crippen molar-refractivity contribution in [1.29, 1.82) is 0 Å². The molecule has 0 aliphatic carbocycles. The summed E-state index contributed by atoms with van der Waals surface area (Å²) in [6.07, 6.45) is 0. The summed E-state index contributed by atoms with van der Waals surface area (Å²) in [4.78, 5) is 2.40. The van der Waals surface area contributed by atoms with E-state index in [0.29, 0.717) is 0 Å². The van der Waals surface area contributed by atoms with E-state index in [1.54, 1.807) is 0 Å². The molecule has 1 aromatic heterocycles. The van der Waals surface area contributed by atoms with Crippen molar-refractivity contribution in [3.05, 3.63) is 212 Å². The van der Waals surface area contributed by atoms with Crippen molar-refractivity contribution in [3.8, 4) is 33.6 Å². The van der Waals surface area contributed by atoms with Crippen molar-refractivity contribution in [1.82, 2.24) is 0 Å². The van der Waals surface area contributed by atoms with Crippen LogP contribution < -0.4 is 4.90 Å². The van der Waals surface area contributed by atoms with Crippen LogP contribution in [-0.2, 0) is 0 Å². The van der Waals surface area contributed by atoms with E-state index in [2.05, 4.69) is 199 Å². The van der Waals surface area contributed by atoms with Crippen LogP contribution in [0.5, 0.6) is 0 Å². The Morgan fingerprint density at radius 3 is 1.54 bits per heavy atom. The molecule has 1 heterocycles. The number of hydrogen-bond acceptors (Lipinski definition) is 2. The average molecular weight is 714 g/mol. The van der Waals surface area contributed by atoms with E-state index in [4.69, 9.17) is 4.42 Å². The average Bonchev–Trinajstić information content (AvgIpc) is 3.72. The fourth-order valence-electron chi connectivity index (χ4n) is 8.42. The quantitative estimate of drug-likeness (QED) is 0.160. The van der Waals surface area contributed by atoms with E-state index < -0.39 is 0 Å². The van der Waals surface area contributed by atoms with Crippen molar-refractivity contribution in [3.63, 3.8) is 0 Å². The third-order valence-electron chi connectivity index (χ3n) is 11.2. The summed E-state index contributed by atoms with van der Waals surface area (Å²) < 4.78 is 6.22. The molecule has 0 amide bonds. The Bertz CT molecular complexity index is 3210. The highest BCUT2D eigenvalue weighted by Crippen LogP contribution is 2.43. The van der Waals surface area contributed by atoms with Gasteiger partial charge in [-0.1, -0.05) is 158 Å². The Morgan fingerprint density at radius 2 is 0.804 bits per heavy atom. The number of hydrogen-bond donors (Lipinski definition) is 0. The lowest BCUT2D eigenvalue weighted by Crippen LogP contribution is -2.10. The summed E-state index contributed by atoms with van der Waals surface area (Å²) >= 11 is 0. The molecular formula is C54H35NO. The number of anilines is 3. The highest BCUT2D eigenvalue weighted by atomic mass is 16.3. The van der Waals surface area contributed by atoms with E-state index in [9.17, 15) is 0 Å². The van der Waals surface area contributed by atoms with Crippen LogP contribution in [0.4, 0.5) is 17.1 Å². The standard InChI is InChI=1S/C54H35NO/c1-4-15-47-38(10-1)20-21-42-32-40(26-31-49(42)47)37-24-29-46(30-25-37)55(52-34-41-11-2-5-16-48(41)50-17-6-7-18-51(50)52)45-27-22-36(23-28-45)39-13-9-14-43(33-39)54-35-44-12-3-8-19-53(44)56-54/h1-35H. The highest BCUT2D eigenvalue weighted by molar-refractivity contribution is 6.14. The molecule has 0 aliphatic rings. The SMILES string of the molecule is c1cc(-c2ccc(N(c3ccc(-c4ccc5c(ccc6ccccc65)c4)cc3)c3cc4ccccc4c4ccccc34)cc2)cc(-c2cc3ccccc3o2)c1. The van der Waals surface area contributed by atoms with Gasteiger partial charge in [-0.3, -0.25) is 0 Å². The maximum atomic E-state index is 6.22. The van der Waals surface area contributed by atoms with Crippen LogP contribution in [-0.4, -0.2) is 0 Å². The van der Waals surface area contributed by atoms with Crippen molar-refractivity contribution < 1.29 is 4.42 Å². The number of furan rings is 1. The molecule has 11 aromatic rings. The monoisotopic (exact) mass is 713 g/mol. The van der Waals surface area contributed by atoms with Crippen LogP contribution in [0, 0.1) is 0 Å². The molecule has 2 nitrogen and oxygen atoms in total. The maximum absolute atomic E-state index is 6.22. The maximum Gasteiger partial charge on any atom is 0.135 e. The molecule has 56 heavy (non-hydrogen) atoms. The zero-order valence-electron chi connectivity index (χ0n) is 30.6. The first-order chi connectivity index (χ1) is 27.7.